The van der Waals surface area contributed by atoms with E-state index in [-0.39, 0.29) is 30.6 Å². The van der Waals surface area contributed by atoms with Crippen LogP contribution in [0.15, 0.2) is 54.7 Å². The van der Waals surface area contributed by atoms with Crippen molar-refractivity contribution in [2.24, 2.45) is 0 Å². The Balaban J connectivity index is 1.50. The van der Waals surface area contributed by atoms with Crippen LogP contribution in [0.4, 0.5) is 5.69 Å². The number of H-pyrrole nitrogens is 1. The highest BCUT2D eigenvalue weighted by Gasteiger charge is 2.28. The summed E-state index contributed by atoms with van der Waals surface area (Å²) in [6.07, 6.45) is 2.33. The third kappa shape index (κ3) is 2.76. The van der Waals surface area contributed by atoms with Gasteiger partial charge >= 0.3 is 5.97 Å². The Morgan fingerprint density at radius 3 is 3.00 bits per heavy atom. The lowest BCUT2D eigenvalue weighted by molar-refractivity contribution is -0.136. The third-order valence-electron chi connectivity index (χ3n) is 4.27. The SMILES string of the molecule is O=C(C[C@H]1CC(=O)Oc2ccccc21)Nc1ccc2cc[nH]c2c1. The van der Waals surface area contributed by atoms with Crippen molar-refractivity contribution >= 4 is 28.5 Å². The zero-order valence-electron chi connectivity index (χ0n) is 12.9. The Morgan fingerprint density at radius 2 is 2.08 bits per heavy atom. The Hall–Kier alpha value is -3.08. The molecule has 0 fully saturated rings. The van der Waals surface area contributed by atoms with Crippen LogP contribution < -0.4 is 10.1 Å². The molecule has 2 N–H and O–H groups in total. The number of aromatic amines is 1. The molecule has 1 aliphatic rings. The molecular formula is C19H16N2O3. The fourth-order valence-electron chi connectivity index (χ4n) is 3.13. The van der Waals surface area contributed by atoms with Crippen molar-refractivity contribution in [3.05, 3.63) is 60.3 Å². The fourth-order valence-corrected chi connectivity index (χ4v) is 3.13. The van der Waals surface area contributed by atoms with E-state index in [1.807, 2.05) is 48.7 Å². The van der Waals surface area contributed by atoms with Gasteiger partial charge in [0.05, 0.1) is 6.42 Å². The summed E-state index contributed by atoms with van der Waals surface area (Å²) >= 11 is 0. The van der Waals surface area contributed by atoms with Crippen LogP contribution in [0.5, 0.6) is 5.75 Å². The summed E-state index contributed by atoms with van der Waals surface area (Å²) in [5.41, 5.74) is 2.62. The number of ether oxygens (including phenoxy) is 1. The van der Waals surface area contributed by atoms with Crippen molar-refractivity contribution in [2.75, 3.05) is 5.32 Å². The molecule has 1 aromatic heterocycles. The van der Waals surface area contributed by atoms with Crippen molar-refractivity contribution < 1.29 is 14.3 Å². The fraction of sp³-hybridized carbons (Fsp3) is 0.158. The van der Waals surface area contributed by atoms with Gasteiger partial charge in [-0.25, -0.2) is 0 Å². The van der Waals surface area contributed by atoms with E-state index < -0.39 is 0 Å². The molecule has 5 nitrogen and oxygen atoms in total. The normalized spacial score (nSPS) is 16.5. The minimum absolute atomic E-state index is 0.115. The lowest BCUT2D eigenvalue weighted by atomic mass is 9.89. The maximum Gasteiger partial charge on any atom is 0.311 e. The van der Waals surface area contributed by atoms with Gasteiger partial charge in [0.1, 0.15) is 5.75 Å². The number of hydrogen-bond donors (Lipinski definition) is 2. The van der Waals surface area contributed by atoms with Gasteiger partial charge in [-0.05, 0) is 35.2 Å². The molecule has 4 rings (SSSR count). The van der Waals surface area contributed by atoms with Crippen molar-refractivity contribution in [2.45, 2.75) is 18.8 Å². The molecule has 1 amide bonds. The van der Waals surface area contributed by atoms with E-state index in [2.05, 4.69) is 10.3 Å². The summed E-state index contributed by atoms with van der Waals surface area (Å²) in [6, 6.07) is 15.1. The highest BCUT2D eigenvalue weighted by atomic mass is 16.5. The monoisotopic (exact) mass is 320 g/mol. The molecule has 0 radical (unpaired) electrons. The number of anilines is 1. The maximum atomic E-state index is 12.4. The first kappa shape index (κ1) is 14.5. The third-order valence-corrected chi connectivity index (χ3v) is 4.27. The summed E-state index contributed by atoms with van der Waals surface area (Å²) in [7, 11) is 0. The van der Waals surface area contributed by atoms with E-state index in [9.17, 15) is 9.59 Å². The highest BCUT2D eigenvalue weighted by molar-refractivity contribution is 5.94. The topological polar surface area (TPSA) is 71.2 Å². The van der Waals surface area contributed by atoms with E-state index in [1.54, 1.807) is 6.07 Å². The second-order valence-electron chi connectivity index (χ2n) is 5.94. The van der Waals surface area contributed by atoms with Gasteiger partial charge in [0.2, 0.25) is 5.91 Å². The molecule has 0 saturated carbocycles. The van der Waals surface area contributed by atoms with E-state index in [0.717, 1.165) is 22.2 Å². The van der Waals surface area contributed by atoms with Gasteiger partial charge in [-0.3, -0.25) is 9.59 Å². The second kappa shape index (κ2) is 5.85. The molecule has 0 unspecified atom stereocenters. The molecule has 0 saturated heterocycles. The molecule has 2 heterocycles. The largest absolute Gasteiger partial charge is 0.426 e. The van der Waals surface area contributed by atoms with Crippen LogP contribution in [0.1, 0.15) is 24.3 Å². The molecule has 24 heavy (non-hydrogen) atoms. The quantitative estimate of drug-likeness (QED) is 0.572. The molecule has 0 spiro atoms. The average Bonchev–Trinajstić information content (AvgIpc) is 3.02. The summed E-state index contributed by atoms with van der Waals surface area (Å²) in [4.78, 5) is 27.3. The zero-order chi connectivity index (χ0) is 16.5. The lowest BCUT2D eigenvalue weighted by Crippen LogP contribution is -2.24. The highest BCUT2D eigenvalue weighted by Crippen LogP contribution is 2.36. The van der Waals surface area contributed by atoms with E-state index >= 15 is 0 Å². The Labute approximate surface area is 138 Å². The predicted molar refractivity (Wildman–Crippen MR) is 91.0 cm³/mol. The number of carbonyl (C=O) groups excluding carboxylic acids is 2. The number of rotatable bonds is 3. The van der Waals surface area contributed by atoms with Crippen LogP contribution in [0.2, 0.25) is 0 Å². The van der Waals surface area contributed by atoms with E-state index in [4.69, 9.17) is 4.74 Å². The van der Waals surface area contributed by atoms with Crippen LogP contribution >= 0.6 is 0 Å². The number of carbonyl (C=O) groups is 2. The first-order valence-electron chi connectivity index (χ1n) is 7.85. The van der Waals surface area contributed by atoms with Crippen LogP contribution in [0.25, 0.3) is 10.9 Å². The van der Waals surface area contributed by atoms with E-state index in [0.29, 0.717) is 5.75 Å². The molecule has 1 aliphatic heterocycles. The van der Waals surface area contributed by atoms with Gasteiger partial charge in [0, 0.05) is 29.7 Å². The van der Waals surface area contributed by atoms with Gasteiger partial charge in [0.15, 0.2) is 0 Å². The van der Waals surface area contributed by atoms with Gasteiger partial charge in [0.25, 0.3) is 0 Å². The van der Waals surface area contributed by atoms with Gasteiger partial charge in [-0.2, -0.15) is 0 Å². The molecular weight excluding hydrogens is 304 g/mol. The first-order chi connectivity index (χ1) is 11.7. The molecule has 0 bridgehead atoms. The van der Waals surface area contributed by atoms with Crippen molar-refractivity contribution in [1.29, 1.82) is 0 Å². The standard InChI is InChI=1S/C19H16N2O3/c22-18(21-14-6-5-12-7-8-20-16(12)11-14)9-13-10-19(23)24-17-4-2-1-3-15(13)17/h1-8,11,13,20H,9-10H2,(H,21,22)/t13-/m0/s1. The Morgan fingerprint density at radius 1 is 1.21 bits per heavy atom. The molecule has 0 aliphatic carbocycles. The van der Waals surface area contributed by atoms with Gasteiger partial charge in [-0.1, -0.05) is 24.3 Å². The summed E-state index contributed by atoms with van der Waals surface area (Å²) in [6.45, 7) is 0. The zero-order valence-corrected chi connectivity index (χ0v) is 12.9. The van der Waals surface area contributed by atoms with Crippen LogP contribution in [0, 0.1) is 0 Å². The number of aromatic nitrogens is 1. The summed E-state index contributed by atoms with van der Waals surface area (Å²) in [5.74, 6) is -0.00858. The molecule has 5 heteroatoms. The van der Waals surface area contributed by atoms with Gasteiger partial charge in [-0.15, -0.1) is 0 Å². The summed E-state index contributed by atoms with van der Waals surface area (Å²) < 4.78 is 5.23. The first-order valence-corrected chi connectivity index (χ1v) is 7.85. The average molecular weight is 320 g/mol. The van der Waals surface area contributed by atoms with Crippen molar-refractivity contribution in [3.8, 4) is 5.75 Å². The number of benzene rings is 2. The van der Waals surface area contributed by atoms with Crippen LogP contribution in [-0.4, -0.2) is 16.9 Å². The van der Waals surface area contributed by atoms with Crippen molar-refractivity contribution in [1.82, 2.24) is 4.98 Å². The number of para-hydroxylation sites is 1. The number of fused-ring (bicyclic) bond motifs is 2. The second-order valence-corrected chi connectivity index (χ2v) is 5.94. The Bertz CT molecular complexity index is 929. The lowest BCUT2D eigenvalue weighted by Gasteiger charge is -2.23. The smallest absolute Gasteiger partial charge is 0.311 e. The number of nitrogens with one attached hydrogen (secondary N) is 2. The number of hydrogen-bond acceptors (Lipinski definition) is 3. The molecule has 120 valence electrons. The Kier molecular flexibility index (Phi) is 3.54. The van der Waals surface area contributed by atoms with Crippen molar-refractivity contribution in [3.63, 3.8) is 0 Å². The summed E-state index contributed by atoms with van der Waals surface area (Å²) in [5, 5.41) is 4.00. The molecule has 1 atom stereocenters. The van der Waals surface area contributed by atoms with Gasteiger partial charge < -0.3 is 15.0 Å². The maximum absolute atomic E-state index is 12.4. The minimum Gasteiger partial charge on any atom is -0.426 e. The number of amides is 1. The molecule has 2 aromatic carbocycles. The van der Waals surface area contributed by atoms with Crippen LogP contribution in [-0.2, 0) is 9.59 Å². The van der Waals surface area contributed by atoms with Crippen LogP contribution in [0.3, 0.4) is 0 Å². The van der Waals surface area contributed by atoms with E-state index in [1.165, 1.54) is 0 Å². The minimum atomic E-state index is -0.292. The molecule has 3 aromatic rings. The number of esters is 1. The predicted octanol–water partition coefficient (Wildman–Crippen LogP) is 3.59.